The van der Waals surface area contributed by atoms with Crippen molar-refractivity contribution in [3.8, 4) is 0 Å². The van der Waals surface area contributed by atoms with E-state index in [0.29, 0.717) is 18.8 Å². The lowest BCUT2D eigenvalue weighted by molar-refractivity contribution is -0.384. The number of ether oxygens (including phenoxy) is 2. The van der Waals surface area contributed by atoms with Crippen LogP contribution in [0.4, 0.5) is 5.69 Å². The van der Waals surface area contributed by atoms with E-state index in [-0.39, 0.29) is 17.8 Å². The number of benzene rings is 1. The molecule has 0 spiro atoms. The Balaban J connectivity index is 1.83. The predicted octanol–water partition coefficient (Wildman–Crippen LogP) is 2.77. The van der Waals surface area contributed by atoms with Crippen LogP contribution in [0, 0.1) is 16.0 Å². The van der Waals surface area contributed by atoms with E-state index in [0.717, 1.165) is 18.4 Å². The number of non-ortho nitro benzene ring substituents is 1. The van der Waals surface area contributed by atoms with E-state index in [9.17, 15) is 14.9 Å². The predicted molar refractivity (Wildman–Crippen MR) is 73.6 cm³/mol. The lowest BCUT2D eigenvalue weighted by atomic mass is 9.89. The Bertz CT molecular complexity index is 570. The highest BCUT2D eigenvalue weighted by atomic mass is 16.6. The first-order valence-electron chi connectivity index (χ1n) is 7.05. The highest BCUT2D eigenvalue weighted by Gasteiger charge is 2.52. The number of fused-ring (bicyclic) bond motifs is 2. The van der Waals surface area contributed by atoms with Crippen molar-refractivity contribution in [1.82, 2.24) is 0 Å². The maximum atomic E-state index is 12.0. The van der Waals surface area contributed by atoms with Gasteiger partial charge >= 0.3 is 5.97 Å². The highest BCUT2D eigenvalue weighted by Crippen LogP contribution is 2.50. The van der Waals surface area contributed by atoms with Crippen molar-refractivity contribution in [3.05, 3.63) is 39.9 Å². The van der Waals surface area contributed by atoms with E-state index in [2.05, 4.69) is 0 Å². The standard InChI is InChI=1S/C15H17NO5/c1-20-14(17)15-7-6-10(9-15)8-13(21-15)11-2-4-12(5-3-11)16(18)19/h2-5,10,13H,6-9H2,1H3/t10?,13-,15?/m1/s1. The number of nitro benzene ring substituents is 1. The zero-order valence-corrected chi connectivity index (χ0v) is 11.8. The maximum Gasteiger partial charge on any atom is 0.338 e. The quantitative estimate of drug-likeness (QED) is 0.486. The largest absolute Gasteiger partial charge is 0.467 e. The van der Waals surface area contributed by atoms with Crippen LogP contribution in [0.2, 0.25) is 0 Å². The minimum absolute atomic E-state index is 0.0558. The molecule has 0 N–H and O–H groups in total. The summed E-state index contributed by atoms with van der Waals surface area (Å²) in [5, 5.41) is 10.7. The van der Waals surface area contributed by atoms with Gasteiger partial charge in [0.25, 0.3) is 5.69 Å². The van der Waals surface area contributed by atoms with Crippen molar-refractivity contribution in [1.29, 1.82) is 0 Å². The monoisotopic (exact) mass is 291 g/mol. The van der Waals surface area contributed by atoms with Gasteiger partial charge in [-0.25, -0.2) is 4.79 Å². The number of hydrogen-bond donors (Lipinski definition) is 0. The molecular weight excluding hydrogens is 274 g/mol. The van der Waals surface area contributed by atoms with Crippen LogP contribution >= 0.6 is 0 Å². The topological polar surface area (TPSA) is 78.7 Å². The summed E-state index contributed by atoms with van der Waals surface area (Å²) in [6, 6.07) is 6.36. The average molecular weight is 291 g/mol. The molecule has 1 aromatic carbocycles. The number of esters is 1. The molecule has 1 aliphatic heterocycles. The van der Waals surface area contributed by atoms with Crippen LogP contribution in [0.5, 0.6) is 0 Å². The van der Waals surface area contributed by atoms with Crippen molar-refractivity contribution >= 4 is 11.7 Å². The van der Waals surface area contributed by atoms with Crippen LogP contribution in [-0.2, 0) is 14.3 Å². The first-order chi connectivity index (χ1) is 10.0. The SMILES string of the molecule is COC(=O)C12CCC(C[C@H](c3ccc([N+](=O)[O-])cc3)O1)C2. The van der Waals surface area contributed by atoms with Gasteiger partial charge < -0.3 is 9.47 Å². The fourth-order valence-electron chi connectivity index (χ4n) is 3.47. The number of nitrogens with zero attached hydrogens (tertiary/aromatic N) is 1. The summed E-state index contributed by atoms with van der Waals surface area (Å²) in [5.41, 5.74) is 0.102. The normalized spacial score (nSPS) is 30.9. The van der Waals surface area contributed by atoms with Crippen LogP contribution in [0.3, 0.4) is 0 Å². The summed E-state index contributed by atoms with van der Waals surface area (Å²) in [6.45, 7) is 0. The zero-order chi connectivity index (χ0) is 15.0. The Morgan fingerprint density at radius 3 is 2.76 bits per heavy atom. The van der Waals surface area contributed by atoms with Crippen LogP contribution < -0.4 is 0 Å². The van der Waals surface area contributed by atoms with Crippen LogP contribution in [0.1, 0.15) is 37.4 Å². The van der Waals surface area contributed by atoms with Crippen LogP contribution in [0.25, 0.3) is 0 Å². The van der Waals surface area contributed by atoms with Crippen molar-refractivity contribution in [2.24, 2.45) is 5.92 Å². The van der Waals surface area contributed by atoms with Gasteiger partial charge in [0, 0.05) is 12.1 Å². The van der Waals surface area contributed by atoms with Crippen molar-refractivity contribution in [2.75, 3.05) is 7.11 Å². The molecule has 0 radical (unpaired) electrons. The average Bonchev–Trinajstić information content (AvgIpc) is 2.82. The Labute approximate surface area is 122 Å². The molecule has 1 saturated carbocycles. The van der Waals surface area contributed by atoms with Crippen LogP contribution in [-0.4, -0.2) is 23.6 Å². The van der Waals surface area contributed by atoms with Crippen molar-refractivity contribution in [3.63, 3.8) is 0 Å². The highest BCUT2D eigenvalue weighted by molar-refractivity contribution is 5.80. The number of rotatable bonds is 3. The first-order valence-corrected chi connectivity index (χ1v) is 7.05. The second-order valence-corrected chi connectivity index (χ2v) is 5.79. The van der Waals surface area contributed by atoms with Gasteiger partial charge in [-0.3, -0.25) is 10.1 Å². The number of nitro groups is 1. The molecule has 1 aromatic rings. The van der Waals surface area contributed by atoms with Gasteiger partial charge in [-0.1, -0.05) is 0 Å². The summed E-state index contributed by atoms with van der Waals surface area (Å²) >= 11 is 0. The summed E-state index contributed by atoms with van der Waals surface area (Å²) in [5.74, 6) is 0.134. The van der Waals surface area contributed by atoms with Gasteiger partial charge in [0.2, 0.25) is 0 Å². The third kappa shape index (κ3) is 2.40. The molecule has 2 aliphatic rings. The molecule has 0 amide bonds. The molecule has 2 bridgehead atoms. The number of carbonyl (C=O) groups is 1. The van der Waals surface area contributed by atoms with E-state index < -0.39 is 10.5 Å². The summed E-state index contributed by atoms with van der Waals surface area (Å²) in [6.07, 6.45) is 3.00. The fourth-order valence-corrected chi connectivity index (χ4v) is 3.47. The van der Waals surface area contributed by atoms with Crippen molar-refractivity contribution < 1.29 is 19.2 Å². The molecule has 3 atom stereocenters. The van der Waals surface area contributed by atoms with E-state index in [4.69, 9.17) is 9.47 Å². The Hall–Kier alpha value is -1.95. The van der Waals surface area contributed by atoms with Gasteiger partial charge in [0.05, 0.1) is 18.1 Å². The van der Waals surface area contributed by atoms with Crippen molar-refractivity contribution in [2.45, 2.75) is 37.4 Å². The maximum absolute atomic E-state index is 12.0. The molecule has 6 nitrogen and oxygen atoms in total. The number of methoxy groups -OCH3 is 1. The van der Waals surface area contributed by atoms with E-state index in [1.165, 1.54) is 19.2 Å². The zero-order valence-electron chi connectivity index (χ0n) is 11.8. The van der Waals surface area contributed by atoms with Gasteiger partial charge in [0.1, 0.15) is 0 Å². The van der Waals surface area contributed by atoms with Gasteiger partial charge in [-0.2, -0.15) is 0 Å². The molecule has 1 heterocycles. The van der Waals surface area contributed by atoms with Gasteiger partial charge in [-0.15, -0.1) is 0 Å². The van der Waals surface area contributed by atoms with E-state index in [1.807, 2.05) is 0 Å². The first kappa shape index (κ1) is 14.0. The minimum atomic E-state index is -0.829. The third-order valence-electron chi connectivity index (χ3n) is 4.52. The van der Waals surface area contributed by atoms with Gasteiger partial charge in [-0.05, 0) is 49.3 Å². The second kappa shape index (κ2) is 5.11. The number of hydrogen-bond acceptors (Lipinski definition) is 5. The fraction of sp³-hybridized carbons (Fsp3) is 0.533. The Morgan fingerprint density at radius 1 is 1.43 bits per heavy atom. The molecule has 1 saturated heterocycles. The van der Waals surface area contributed by atoms with E-state index >= 15 is 0 Å². The lowest BCUT2D eigenvalue weighted by Gasteiger charge is -2.36. The summed E-state index contributed by atoms with van der Waals surface area (Å²) in [7, 11) is 1.38. The molecule has 1 aliphatic carbocycles. The number of carbonyl (C=O) groups excluding carboxylic acids is 1. The minimum Gasteiger partial charge on any atom is -0.467 e. The summed E-state index contributed by atoms with van der Waals surface area (Å²) in [4.78, 5) is 22.3. The molecule has 3 rings (SSSR count). The lowest BCUT2D eigenvalue weighted by Crippen LogP contribution is -2.43. The van der Waals surface area contributed by atoms with Crippen LogP contribution in [0.15, 0.2) is 24.3 Å². The molecule has 2 unspecified atom stereocenters. The molecule has 112 valence electrons. The molecule has 0 aromatic heterocycles. The molecule has 6 heteroatoms. The smallest absolute Gasteiger partial charge is 0.338 e. The molecule has 2 fully saturated rings. The molecular formula is C15H17NO5. The summed E-state index contributed by atoms with van der Waals surface area (Å²) < 4.78 is 11.0. The third-order valence-corrected chi connectivity index (χ3v) is 4.52. The Morgan fingerprint density at radius 2 is 2.14 bits per heavy atom. The van der Waals surface area contributed by atoms with Gasteiger partial charge in [0.15, 0.2) is 5.60 Å². The Kier molecular flexibility index (Phi) is 3.41. The molecule has 21 heavy (non-hydrogen) atoms. The second-order valence-electron chi connectivity index (χ2n) is 5.79. The van der Waals surface area contributed by atoms with E-state index in [1.54, 1.807) is 12.1 Å².